The molecule has 0 bridgehead atoms. The molecule has 0 aromatic heterocycles. The molecule has 0 aliphatic rings. The maximum atomic E-state index is 13.4. The van der Waals surface area contributed by atoms with Gasteiger partial charge in [-0.25, -0.2) is 8.78 Å². The van der Waals surface area contributed by atoms with E-state index >= 15 is 0 Å². The summed E-state index contributed by atoms with van der Waals surface area (Å²) < 4.78 is 31.8. The van der Waals surface area contributed by atoms with Gasteiger partial charge in [-0.1, -0.05) is 29.8 Å². The average Bonchev–Trinajstić information content (AvgIpc) is 2.34. The average molecular weight is 249 g/mol. The quantitative estimate of drug-likeness (QED) is 0.846. The molecule has 0 aliphatic heterocycles. The second kappa shape index (κ2) is 5.04. The lowest BCUT2D eigenvalue weighted by molar-refractivity contribution is 0.288. The van der Waals surface area contributed by atoms with Crippen LogP contribution in [-0.4, -0.2) is 0 Å². The molecule has 2 nitrogen and oxygen atoms in total. The summed E-state index contributed by atoms with van der Waals surface area (Å²) in [5, 5.41) is 0. The summed E-state index contributed by atoms with van der Waals surface area (Å²) >= 11 is 0. The number of nitrogen functional groups attached to an aromatic ring is 1. The molecule has 2 aromatic rings. The van der Waals surface area contributed by atoms with Crippen molar-refractivity contribution in [3.05, 3.63) is 59.2 Å². The van der Waals surface area contributed by atoms with Crippen LogP contribution in [0.25, 0.3) is 0 Å². The van der Waals surface area contributed by atoms with Gasteiger partial charge in [-0.05, 0) is 12.5 Å². The number of rotatable bonds is 3. The monoisotopic (exact) mass is 249 g/mol. The maximum absolute atomic E-state index is 13.4. The lowest BCUT2D eigenvalue weighted by Gasteiger charge is -2.08. The Bertz CT molecular complexity index is 552. The fourth-order valence-electron chi connectivity index (χ4n) is 1.50. The van der Waals surface area contributed by atoms with Crippen molar-refractivity contribution in [2.75, 3.05) is 5.73 Å². The lowest BCUT2D eigenvalue weighted by atomic mass is 10.2. The molecule has 94 valence electrons. The van der Waals surface area contributed by atoms with Gasteiger partial charge in [-0.3, -0.25) is 0 Å². The van der Waals surface area contributed by atoms with Gasteiger partial charge in [0.1, 0.15) is 12.4 Å². The zero-order chi connectivity index (χ0) is 13.1. The third-order valence-electron chi connectivity index (χ3n) is 2.57. The summed E-state index contributed by atoms with van der Waals surface area (Å²) in [4.78, 5) is 0. The van der Waals surface area contributed by atoms with E-state index in [0.29, 0.717) is 0 Å². The van der Waals surface area contributed by atoms with Crippen LogP contribution in [0.2, 0.25) is 0 Å². The molecule has 0 amide bonds. The van der Waals surface area contributed by atoms with Gasteiger partial charge in [0, 0.05) is 12.1 Å². The Kier molecular flexibility index (Phi) is 3.46. The van der Waals surface area contributed by atoms with E-state index in [1.807, 2.05) is 31.2 Å². The van der Waals surface area contributed by atoms with Gasteiger partial charge in [-0.15, -0.1) is 0 Å². The molecule has 0 aliphatic carbocycles. The molecule has 0 unspecified atom stereocenters. The van der Waals surface area contributed by atoms with Crippen molar-refractivity contribution >= 4 is 5.69 Å². The molecule has 0 atom stereocenters. The molecule has 4 heteroatoms. The highest BCUT2D eigenvalue weighted by Crippen LogP contribution is 2.23. The van der Waals surface area contributed by atoms with Crippen LogP contribution < -0.4 is 10.5 Å². The molecule has 2 N–H and O–H groups in total. The minimum atomic E-state index is -0.685. The van der Waals surface area contributed by atoms with Gasteiger partial charge in [0.25, 0.3) is 0 Å². The second-order valence-corrected chi connectivity index (χ2v) is 4.08. The van der Waals surface area contributed by atoms with Gasteiger partial charge in [0.05, 0.1) is 5.69 Å². The second-order valence-electron chi connectivity index (χ2n) is 4.08. The smallest absolute Gasteiger partial charge is 0.167 e. The number of halogens is 2. The van der Waals surface area contributed by atoms with E-state index in [2.05, 4.69) is 0 Å². The Hall–Kier alpha value is -2.10. The van der Waals surface area contributed by atoms with Gasteiger partial charge >= 0.3 is 0 Å². The van der Waals surface area contributed by atoms with Gasteiger partial charge < -0.3 is 10.5 Å². The molecule has 0 radical (unpaired) electrons. The molecule has 0 saturated heterocycles. The molecule has 0 saturated carbocycles. The zero-order valence-corrected chi connectivity index (χ0v) is 9.91. The van der Waals surface area contributed by atoms with Crippen LogP contribution in [0, 0.1) is 18.6 Å². The van der Waals surface area contributed by atoms with Crippen LogP contribution >= 0.6 is 0 Å². The number of hydrogen-bond donors (Lipinski definition) is 1. The molecule has 0 fully saturated rings. The van der Waals surface area contributed by atoms with Crippen LogP contribution in [0.15, 0.2) is 36.4 Å². The predicted octanol–water partition coefficient (Wildman–Crippen LogP) is 3.43. The lowest BCUT2D eigenvalue weighted by Crippen LogP contribution is -2.00. The highest BCUT2D eigenvalue weighted by molar-refractivity contribution is 5.44. The van der Waals surface area contributed by atoms with Crippen molar-refractivity contribution in [3.63, 3.8) is 0 Å². The number of hydrogen-bond acceptors (Lipinski definition) is 2. The van der Waals surface area contributed by atoms with E-state index in [9.17, 15) is 8.78 Å². The van der Waals surface area contributed by atoms with E-state index in [1.54, 1.807) is 0 Å². The Balaban J connectivity index is 2.10. The number of ether oxygens (including phenoxy) is 1. The molecule has 18 heavy (non-hydrogen) atoms. The summed E-state index contributed by atoms with van der Waals surface area (Å²) in [5.41, 5.74) is 7.03. The summed E-state index contributed by atoms with van der Waals surface area (Å²) in [5.74, 6) is -1.49. The normalized spacial score (nSPS) is 10.4. The molecule has 2 rings (SSSR count). The van der Waals surface area contributed by atoms with Gasteiger partial charge in [0.2, 0.25) is 0 Å². The topological polar surface area (TPSA) is 35.2 Å². The molecule has 2 aromatic carbocycles. The minimum Gasteiger partial charge on any atom is -0.486 e. The summed E-state index contributed by atoms with van der Waals surface area (Å²) in [6, 6.07) is 9.48. The van der Waals surface area contributed by atoms with Crippen LogP contribution in [0.3, 0.4) is 0 Å². The molecular weight excluding hydrogens is 236 g/mol. The van der Waals surface area contributed by atoms with E-state index in [-0.39, 0.29) is 18.0 Å². The largest absolute Gasteiger partial charge is 0.486 e. The van der Waals surface area contributed by atoms with E-state index in [1.165, 1.54) is 0 Å². The molecule has 0 heterocycles. The van der Waals surface area contributed by atoms with Crippen molar-refractivity contribution in [1.82, 2.24) is 0 Å². The van der Waals surface area contributed by atoms with Gasteiger partial charge in [0.15, 0.2) is 11.6 Å². The molecular formula is C14H13F2NO. The Morgan fingerprint density at radius 1 is 1.06 bits per heavy atom. The molecule has 0 spiro atoms. The number of benzene rings is 2. The standard InChI is InChI=1S/C14H13F2NO/c1-9-2-4-10(5-3-9)8-18-14-7-11(15)13(17)6-12(14)16/h2-7H,8,17H2,1H3. The fourth-order valence-corrected chi connectivity index (χ4v) is 1.50. The van der Waals surface area contributed by atoms with Crippen LogP contribution in [0.5, 0.6) is 5.75 Å². The highest BCUT2D eigenvalue weighted by Gasteiger charge is 2.09. The van der Waals surface area contributed by atoms with E-state index in [0.717, 1.165) is 23.3 Å². The fraction of sp³-hybridized carbons (Fsp3) is 0.143. The van der Waals surface area contributed by atoms with Crippen LogP contribution in [0.1, 0.15) is 11.1 Å². The van der Waals surface area contributed by atoms with E-state index in [4.69, 9.17) is 10.5 Å². The third-order valence-corrected chi connectivity index (χ3v) is 2.57. The summed E-state index contributed by atoms with van der Waals surface area (Å²) in [6.07, 6.45) is 0. The van der Waals surface area contributed by atoms with Crippen molar-refractivity contribution in [2.45, 2.75) is 13.5 Å². The van der Waals surface area contributed by atoms with Crippen LogP contribution in [-0.2, 0) is 6.61 Å². The Labute approximate surface area is 104 Å². The van der Waals surface area contributed by atoms with Crippen LogP contribution in [0.4, 0.5) is 14.5 Å². The number of aryl methyl sites for hydroxylation is 1. The number of anilines is 1. The maximum Gasteiger partial charge on any atom is 0.167 e. The first-order valence-electron chi connectivity index (χ1n) is 5.49. The number of nitrogens with two attached hydrogens (primary N) is 1. The highest BCUT2D eigenvalue weighted by atomic mass is 19.1. The van der Waals surface area contributed by atoms with Crippen molar-refractivity contribution in [1.29, 1.82) is 0 Å². The summed E-state index contributed by atoms with van der Waals surface area (Å²) in [6.45, 7) is 2.15. The van der Waals surface area contributed by atoms with Crippen molar-refractivity contribution in [2.24, 2.45) is 0 Å². The van der Waals surface area contributed by atoms with Crippen molar-refractivity contribution in [3.8, 4) is 5.75 Å². The minimum absolute atomic E-state index is 0.137. The zero-order valence-electron chi connectivity index (χ0n) is 9.91. The van der Waals surface area contributed by atoms with E-state index < -0.39 is 11.6 Å². The van der Waals surface area contributed by atoms with Gasteiger partial charge in [-0.2, -0.15) is 0 Å². The third kappa shape index (κ3) is 2.77. The van der Waals surface area contributed by atoms with Crippen molar-refractivity contribution < 1.29 is 13.5 Å². The SMILES string of the molecule is Cc1ccc(COc2cc(F)c(N)cc2F)cc1. The Morgan fingerprint density at radius 2 is 1.72 bits per heavy atom. The first-order chi connectivity index (χ1) is 8.56. The predicted molar refractivity (Wildman–Crippen MR) is 66.3 cm³/mol. The Morgan fingerprint density at radius 3 is 2.39 bits per heavy atom. The first-order valence-corrected chi connectivity index (χ1v) is 5.49. The first kappa shape index (κ1) is 12.4. The summed E-state index contributed by atoms with van der Waals surface area (Å²) in [7, 11) is 0.